The lowest BCUT2D eigenvalue weighted by Crippen LogP contribution is -2.03. The van der Waals surface area contributed by atoms with Crippen LogP contribution >= 0.6 is 0 Å². The van der Waals surface area contributed by atoms with Crippen molar-refractivity contribution in [3.8, 4) is 11.4 Å². The first-order valence-electron chi connectivity index (χ1n) is 6.28. The number of rotatable bonds is 3. The lowest BCUT2D eigenvalue weighted by molar-refractivity contribution is 1.07. The largest absolute Gasteiger partial charge is 0.367 e. The topological polar surface area (TPSA) is 68.0 Å². The Morgan fingerprint density at radius 3 is 2.95 bits per heavy atom. The summed E-state index contributed by atoms with van der Waals surface area (Å²) in [5.41, 5.74) is 1.79. The molecule has 0 saturated heterocycles. The molecule has 0 spiro atoms. The van der Waals surface area contributed by atoms with E-state index in [1.165, 1.54) is 12.8 Å². The highest BCUT2D eigenvalue weighted by Crippen LogP contribution is 2.25. The molecule has 4 rings (SSSR count). The fourth-order valence-electron chi connectivity index (χ4n) is 2.06. The van der Waals surface area contributed by atoms with E-state index in [0.717, 1.165) is 22.9 Å². The number of hydrogen-bond acceptors (Lipinski definition) is 5. The molecule has 1 aliphatic rings. The monoisotopic (exact) mass is 252 g/mol. The highest BCUT2D eigenvalue weighted by Gasteiger charge is 2.21. The van der Waals surface area contributed by atoms with E-state index in [9.17, 15) is 0 Å². The van der Waals surface area contributed by atoms with Crippen LogP contribution in [0, 0.1) is 0 Å². The number of nitrogens with one attached hydrogen (secondary N) is 1. The Hall–Kier alpha value is -2.50. The lowest BCUT2D eigenvalue weighted by Gasteiger charge is -2.07. The van der Waals surface area contributed by atoms with Crippen LogP contribution in [0.1, 0.15) is 12.8 Å². The van der Waals surface area contributed by atoms with Crippen molar-refractivity contribution in [1.29, 1.82) is 0 Å². The summed E-state index contributed by atoms with van der Waals surface area (Å²) in [5, 5.41) is 11.3. The molecule has 19 heavy (non-hydrogen) atoms. The fraction of sp³-hybridized carbons (Fsp3) is 0.231. The number of nitrogens with zero attached hydrogens (tertiary/aromatic N) is 5. The van der Waals surface area contributed by atoms with Crippen LogP contribution in [0.5, 0.6) is 0 Å². The summed E-state index contributed by atoms with van der Waals surface area (Å²) < 4.78 is 1.87. The smallest absolute Gasteiger partial charge is 0.163 e. The van der Waals surface area contributed by atoms with E-state index in [1.807, 2.05) is 22.6 Å². The van der Waals surface area contributed by atoms with Gasteiger partial charge in [0.1, 0.15) is 18.0 Å². The Morgan fingerprint density at radius 2 is 2.05 bits per heavy atom. The predicted molar refractivity (Wildman–Crippen MR) is 70.7 cm³/mol. The first-order valence-corrected chi connectivity index (χ1v) is 6.28. The Bertz CT molecular complexity index is 731. The molecule has 1 saturated carbocycles. The summed E-state index contributed by atoms with van der Waals surface area (Å²) in [6.45, 7) is 0. The van der Waals surface area contributed by atoms with Crippen LogP contribution in [0.2, 0.25) is 0 Å². The molecule has 1 N–H and O–H groups in total. The summed E-state index contributed by atoms with van der Waals surface area (Å²) in [4.78, 5) is 8.75. The maximum atomic E-state index is 4.41. The molecule has 0 atom stereocenters. The second kappa shape index (κ2) is 4.01. The zero-order valence-corrected chi connectivity index (χ0v) is 10.2. The molecule has 1 fully saturated rings. The van der Waals surface area contributed by atoms with E-state index in [-0.39, 0.29) is 0 Å². The normalized spacial score (nSPS) is 14.7. The third kappa shape index (κ3) is 1.91. The summed E-state index contributed by atoms with van der Waals surface area (Å²) in [5.74, 6) is 1.72. The summed E-state index contributed by atoms with van der Waals surface area (Å²) in [6, 6.07) is 6.38. The van der Waals surface area contributed by atoms with Crippen LogP contribution in [0.15, 0.2) is 36.9 Å². The van der Waals surface area contributed by atoms with Crippen LogP contribution in [0.4, 0.5) is 5.82 Å². The Balaban J connectivity index is 1.80. The number of hydrogen-bond donors (Lipinski definition) is 1. The Labute approximate surface area is 109 Å². The highest BCUT2D eigenvalue weighted by atomic mass is 15.2. The van der Waals surface area contributed by atoms with Gasteiger partial charge in [0.05, 0.1) is 0 Å². The second-order valence-electron chi connectivity index (χ2n) is 4.68. The second-order valence-corrected chi connectivity index (χ2v) is 4.68. The van der Waals surface area contributed by atoms with Crippen LogP contribution in [0.3, 0.4) is 0 Å². The molecule has 0 aromatic carbocycles. The standard InChI is InChI=1S/C13H12N6/c1-2-10(1)17-11-7-9(3-5-14-11)13-15-6-4-12-18-16-8-19(12)13/h3-8,10H,1-2H2,(H,14,17). The van der Waals surface area contributed by atoms with Gasteiger partial charge in [-0.15, -0.1) is 10.2 Å². The van der Waals surface area contributed by atoms with Gasteiger partial charge in [-0.05, 0) is 25.0 Å². The minimum Gasteiger partial charge on any atom is -0.367 e. The molecule has 1 aliphatic carbocycles. The van der Waals surface area contributed by atoms with Crippen molar-refractivity contribution >= 4 is 11.5 Å². The number of aromatic nitrogens is 5. The number of pyridine rings is 1. The number of anilines is 1. The van der Waals surface area contributed by atoms with Gasteiger partial charge in [0, 0.05) is 30.1 Å². The average molecular weight is 252 g/mol. The first kappa shape index (κ1) is 10.4. The molecule has 0 aliphatic heterocycles. The maximum absolute atomic E-state index is 4.41. The molecule has 0 bridgehead atoms. The summed E-state index contributed by atoms with van der Waals surface area (Å²) >= 11 is 0. The first-order chi connectivity index (χ1) is 9.40. The molecule has 0 amide bonds. The number of fused-ring (bicyclic) bond motifs is 1. The van der Waals surface area contributed by atoms with Crippen molar-refractivity contribution in [3.63, 3.8) is 0 Å². The molecular formula is C13H12N6. The van der Waals surface area contributed by atoms with E-state index < -0.39 is 0 Å². The SMILES string of the molecule is c1cc(-c2nccc3nncn23)cc(NC2CC2)n1. The quantitative estimate of drug-likeness (QED) is 0.769. The lowest BCUT2D eigenvalue weighted by atomic mass is 10.2. The van der Waals surface area contributed by atoms with Crippen molar-refractivity contribution in [2.75, 3.05) is 5.32 Å². The van der Waals surface area contributed by atoms with Crippen molar-refractivity contribution in [2.24, 2.45) is 0 Å². The van der Waals surface area contributed by atoms with E-state index in [1.54, 1.807) is 18.7 Å². The molecule has 3 heterocycles. The molecule has 3 aromatic heterocycles. The molecule has 3 aromatic rings. The fourth-order valence-corrected chi connectivity index (χ4v) is 2.06. The molecule has 0 unspecified atom stereocenters. The predicted octanol–water partition coefficient (Wildman–Crippen LogP) is 1.76. The Kier molecular flexibility index (Phi) is 2.20. The third-order valence-corrected chi connectivity index (χ3v) is 3.17. The van der Waals surface area contributed by atoms with Gasteiger partial charge in [-0.1, -0.05) is 0 Å². The van der Waals surface area contributed by atoms with Gasteiger partial charge < -0.3 is 5.32 Å². The van der Waals surface area contributed by atoms with Crippen LogP contribution in [-0.2, 0) is 0 Å². The van der Waals surface area contributed by atoms with Crippen molar-refractivity contribution in [3.05, 3.63) is 36.9 Å². The van der Waals surface area contributed by atoms with Crippen LogP contribution in [0.25, 0.3) is 17.0 Å². The summed E-state index contributed by atoms with van der Waals surface area (Å²) in [7, 11) is 0. The minimum atomic E-state index is 0.585. The van der Waals surface area contributed by atoms with Gasteiger partial charge in [0.25, 0.3) is 0 Å². The average Bonchev–Trinajstić information content (AvgIpc) is 3.12. The molecular weight excluding hydrogens is 240 g/mol. The van der Waals surface area contributed by atoms with Crippen molar-refractivity contribution in [1.82, 2.24) is 24.6 Å². The van der Waals surface area contributed by atoms with Crippen LogP contribution in [-0.4, -0.2) is 30.6 Å². The zero-order chi connectivity index (χ0) is 12.7. The van der Waals surface area contributed by atoms with Crippen LogP contribution < -0.4 is 5.32 Å². The summed E-state index contributed by atoms with van der Waals surface area (Å²) in [6.07, 6.45) is 7.67. The molecule has 6 heteroatoms. The third-order valence-electron chi connectivity index (χ3n) is 3.17. The highest BCUT2D eigenvalue weighted by molar-refractivity contribution is 5.62. The van der Waals surface area contributed by atoms with E-state index in [2.05, 4.69) is 25.5 Å². The van der Waals surface area contributed by atoms with E-state index >= 15 is 0 Å². The van der Waals surface area contributed by atoms with Gasteiger partial charge >= 0.3 is 0 Å². The molecule has 0 radical (unpaired) electrons. The van der Waals surface area contributed by atoms with Gasteiger partial charge in [0.2, 0.25) is 0 Å². The van der Waals surface area contributed by atoms with E-state index in [4.69, 9.17) is 0 Å². The van der Waals surface area contributed by atoms with Gasteiger partial charge in [-0.3, -0.25) is 4.40 Å². The van der Waals surface area contributed by atoms with Gasteiger partial charge in [-0.2, -0.15) is 0 Å². The Morgan fingerprint density at radius 1 is 1.16 bits per heavy atom. The van der Waals surface area contributed by atoms with Crippen molar-refractivity contribution in [2.45, 2.75) is 18.9 Å². The van der Waals surface area contributed by atoms with Gasteiger partial charge in [-0.25, -0.2) is 9.97 Å². The maximum Gasteiger partial charge on any atom is 0.163 e. The minimum absolute atomic E-state index is 0.585. The molecule has 6 nitrogen and oxygen atoms in total. The molecule has 94 valence electrons. The van der Waals surface area contributed by atoms with Crippen molar-refractivity contribution < 1.29 is 0 Å². The van der Waals surface area contributed by atoms with Gasteiger partial charge in [0.15, 0.2) is 5.65 Å². The zero-order valence-electron chi connectivity index (χ0n) is 10.2. The van der Waals surface area contributed by atoms with E-state index in [0.29, 0.717) is 6.04 Å².